The van der Waals surface area contributed by atoms with Gasteiger partial charge in [0.25, 0.3) is 0 Å². The number of nitrogens with one attached hydrogen (secondary N) is 1. The molecule has 1 fully saturated rings. The quantitative estimate of drug-likeness (QED) is 0.538. The van der Waals surface area contributed by atoms with Crippen molar-refractivity contribution in [2.45, 2.75) is 44.4 Å². The number of benzene rings is 1. The summed E-state index contributed by atoms with van der Waals surface area (Å²) in [7, 11) is 0. The molecular weight excluding hydrogens is 384 g/mol. The summed E-state index contributed by atoms with van der Waals surface area (Å²) in [5.41, 5.74) is 4.09. The highest BCUT2D eigenvalue weighted by atomic mass is 32.1. The third kappa shape index (κ3) is 3.55. The Morgan fingerprint density at radius 3 is 2.97 bits per heavy atom. The van der Waals surface area contributed by atoms with Crippen LogP contribution in [0.3, 0.4) is 0 Å². The Bertz CT molecular complexity index is 1220. The number of nitriles is 1. The minimum atomic E-state index is -0.296. The van der Waals surface area contributed by atoms with Crippen LogP contribution in [-0.4, -0.2) is 36.8 Å². The van der Waals surface area contributed by atoms with Crippen LogP contribution in [0.1, 0.15) is 36.8 Å². The lowest BCUT2D eigenvalue weighted by Gasteiger charge is -2.27. The number of aromatic nitrogens is 4. The molecule has 7 nitrogen and oxygen atoms in total. The Hall–Kier alpha value is -3.02. The first-order valence-electron chi connectivity index (χ1n) is 9.75. The molecule has 3 heterocycles. The molecule has 0 unspecified atom stereocenters. The predicted octanol–water partition coefficient (Wildman–Crippen LogP) is 3.68. The summed E-state index contributed by atoms with van der Waals surface area (Å²) in [5, 5.41) is 23.5. The van der Waals surface area contributed by atoms with Crippen LogP contribution in [0.25, 0.3) is 21.4 Å². The van der Waals surface area contributed by atoms with Crippen molar-refractivity contribution in [2.75, 3.05) is 5.32 Å². The number of nitrogens with zero attached hydrogens (tertiary/aromatic N) is 5. The van der Waals surface area contributed by atoms with Crippen LogP contribution in [-0.2, 0) is 6.54 Å². The fourth-order valence-corrected chi connectivity index (χ4v) is 4.88. The van der Waals surface area contributed by atoms with Gasteiger partial charge in [-0.2, -0.15) is 5.26 Å². The lowest BCUT2D eigenvalue weighted by molar-refractivity contribution is 0.116. The highest BCUT2D eigenvalue weighted by Crippen LogP contribution is 2.30. The van der Waals surface area contributed by atoms with Gasteiger partial charge < -0.3 is 15.0 Å². The third-order valence-corrected chi connectivity index (χ3v) is 6.38. The lowest BCUT2D eigenvalue weighted by Crippen LogP contribution is -2.36. The molecule has 2 atom stereocenters. The van der Waals surface area contributed by atoms with Crippen molar-refractivity contribution in [2.24, 2.45) is 0 Å². The molecule has 1 saturated carbocycles. The molecule has 1 aliphatic carbocycles. The van der Waals surface area contributed by atoms with E-state index in [4.69, 9.17) is 5.26 Å². The number of aliphatic hydroxyl groups excluding tert-OH is 1. The topological polar surface area (TPSA) is 99.7 Å². The maximum Gasteiger partial charge on any atom is 0.184 e. The number of anilines is 1. The SMILES string of the molecule is N#Cc1cnc2c(c1)ncn2Cc1ccc2nc(N[C@@H]3CCCC[C@H]3O)sc2c1. The molecule has 0 bridgehead atoms. The van der Waals surface area contributed by atoms with Gasteiger partial charge in [0.05, 0.1) is 40.8 Å². The molecule has 5 rings (SSSR count). The van der Waals surface area contributed by atoms with E-state index < -0.39 is 0 Å². The largest absolute Gasteiger partial charge is 0.391 e. The zero-order valence-corrected chi connectivity index (χ0v) is 16.6. The average Bonchev–Trinajstić information content (AvgIpc) is 3.32. The van der Waals surface area contributed by atoms with E-state index in [1.807, 2.05) is 10.6 Å². The van der Waals surface area contributed by atoms with Gasteiger partial charge in [0.2, 0.25) is 0 Å². The summed E-state index contributed by atoms with van der Waals surface area (Å²) in [6.07, 6.45) is 7.11. The van der Waals surface area contributed by atoms with Gasteiger partial charge in [0.1, 0.15) is 11.6 Å². The highest BCUT2D eigenvalue weighted by Gasteiger charge is 2.23. The van der Waals surface area contributed by atoms with Gasteiger partial charge in [0.15, 0.2) is 10.8 Å². The number of hydrogen-bond acceptors (Lipinski definition) is 7. The first-order chi connectivity index (χ1) is 14.2. The minimum Gasteiger partial charge on any atom is -0.391 e. The van der Waals surface area contributed by atoms with Crippen LogP contribution in [0.4, 0.5) is 5.13 Å². The van der Waals surface area contributed by atoms with Gasteiger partial charge in [-0.1, -0.05) is 30.2 Å². The second-order valence-electron chi connectivity index (χ2n) is 7.47. The molecule has 4 aromatic rings. The van der Waals surface area contributed by atoms with Crippen molar-refractivity contribution < 1.29 is 5.11 Å². The van der Waals surface area contributed by atoms with E-state index in [9.17, 15) is 5.11 Å². The van der Waals surface area contributed by atoms with Gasteiger partial charge in [-0.15, -0.1) is 0 Å². The molecule has 2 N–H and O–H groups in total. The summed E-state index contributed by atoms with van der Waals surface area (Å²) >= 11 is 1.62. The van der Waals surface area contributed by atoms with E-state index in [-0.39, 0.29) is 12.1 Å². The fraction of sp³-hybridized carbons (Fsp3) is 0.333. The second-order valence-corrected chi connectivity index (χ2v) is 8.51. The molecule has 0 saturated heterocycles. The first kappa shape index (κ1) is 18.0. The number of hydrogen-bond donors (Lipinski definition) is 2. The Balaban J connectivity index is 1.38. The van der Waals surface area contributed by atoms with Crippen LogP contribution in [0.5, 0.6) is 0 Å². The number of aliphatic hydroxyl groups is 1. The van der Waals surface area contributed by atoms with Gasteiger partial charge in [-0.3, -0.25) is 0 Å². The summed E-state index contributed by atoms with van der Waals surface area (Å²) in [4.78, 5) is 13.4. The smallest absolute Gasteiger partial charge is 0.184 e. The van der Waals surface area contributed by atoms with Crippen molar-refractivity contribution in [3.05, 3.63) is 47.9 Å². The normalized spacial score (nSPS) is 19.4. The van der Waals surface area contributed by atoms with Gasteiger partial charge in [0, 0.05) is 6.20 Å². The molecule has 1 aliphatic rings. The van der Waals surface area contributed by atoms with Crippen LogP contribution in [0, 0.1) is 11.3 Å². The van der Waals surface area contributed by atoms with Crippen LogP contribution in [0.2, 0.25) is 0 Å². The monoisotopic (exact) mass is 404 g/mol. The molecule has 0 aliphatic heterocycles. The average molecular weight is 404 g/mol. The molecule has 146 valence electrons. The van der Waals surface area contributed by atoms with E-state index in [1.54, 1.807) is 29.9 Å². The van der Waals surface area contributed by atoms with Gasteiger partial charge >= 0.3 is 0 Å². The van der Waals surface area contributed by atoms with E-state index in [2.05, 4.69) is 38.5 Å². The molecule has 8 heteroatoms. The van der Waals surface area contributed by atoms with Crippen molar-refractivity contribution in [3.8, 4) is 6.07 Å². The van der Waals surface area contributed by atoms with Gasteiger partial charge in [-0.05, 0) is 36.6 Å². The van der Waals surface area contributed by atoms with E-state index in [0.29, 0.717) is 12.1 Å². The molecule has 0 radical (unpaired) electrons. The van der Waals surface area contributed by atoms with Crippen LogP contribution < -0.4 is 5.32 Å². The predicted molar refractivity (Wildman–Crippen MR) is 113 cm³/mol. The minimum absolute atomic E-state index is 0.0884. The second kappa shape index (κ2) is 7.43. The molecule has 29 heavy (non-hydrogen) atoms. The Morgan fingerprint density at radius 1 is 1.21 bits per heavy atom. The zero-order valence-electron chi connectivity index (χ0n) is 15.7. The van der Waals surface area contributed by atoms with Crippen molar-refractivity contribution in [1.82, 2.24) is 19.5 Å². The maximum absolute atomic E-state index is 10.2. The number of fused-ring (bicyclic) bond motifs is 2. The fourth-order valence-electron chi connectivity index (χ4n) is 3.89. The van der Waals surface area contributed by atoms with Crippen molar-refractivity contribution in [3.63, 3.8) is 0 Å². The first-order valence-corrected chi connectivity index (χ1v) is 10.6. The van der Waals surface area contributed by atoms with E-state index in [0.717, 1.165) is 57.8 Å². The molecule has 0 amide bonds. The molecule has 3 aromatic heterocycles. The molecule has 1 aromatic carbocycles. The van der Waals surface area contributed by atoms with Crippen LogP contribution in [0.15, 0.2) is 36.8 Å². The van der Waals surface area contributed by atoms with Crippen LogP contribution >= 0.6 is 11.3 Å². The number of imidazole rings is 1. The number of rotatable bonds is 4. The maximum atomic E-state index is 10.2. The van der Waals surface area contributed by atoms with Gasteiger partial charge in [-0.25, -0.2) is 15.0 Å². The molecular formula is C21H20N6OS. The zero-order chi connectivity index (χ0) is 19.8. The van der Waals surface area contributed by atoms with E-state index >= 15 is 0 Å². The number of thiazole rings is 1. The summed E-state index contributed by atoms with van der Waals surface area (Å²) in [6.45, 7) is 0.646. The Kier molecular flexibility index (Phi) is 4.62. The lowest BCUT2D eigenvalue weighted by atomic mass is 9.93. The molecule has 0 spiro atoms. The summed E-state index contributed by atoms with van der Waals surface area (Å²) in [5.74, 6) is 0. The Labute approximate surface area is 171 Å². The van der Waals surface area contributed by atoms with Crippen molar-refractivity contribution in [1.29, 1.82) is 5.26 Å². The summed E-state index contributed by atoms with van der Waals surface area (Å²) < 4.78 is 3.09. The highest BCUT2D eigenvalue weighted by molar-refractivity contribution is 7.22. The van der Waals surface area contributed by atoms with E-state index in [1.165, 1.54) is 0 Å². The Morgan fingerprint density at radius 2 is 2.10 bits per heavy atom. The standard InChI is InChI=1S/C21H20N6OS/c22-9-14-7-17-20(23-10-14)27(12-24-17)11-13-5-6-16-19(8-13)29-21(26-16)25-15-3-1-2-4-18(15)28/h5-8,10,12,15,18,28H,1-4,11H2,(H,25,26)/t15-,18-/m1/s1. The third-order valence-electron chi connectivity index (χ3n) is 5.43. The number of pyridine rings is 1. The van der Waals surface area contributed by atoms with Crippen molar-refractivity contribution >= 4 is 37.8 Å². The summed E-state index contributed by atoms with van der Waals surface area (Å²) in [6, 6.07) is 10.2.